The summed E-state index contributed by atoms with van der Waals surface area (Å²) in [6.07, 6.45) is 4.39. The van der Waals surface area contributed by atoms with E-state index in [-0.39, 0.29) is 30.4 Å². The van der Waals surface area contributed by atoms with Crippen LogP contribution >= 0.6 is 0 Å². The number of hydrogen-bond acceptors (Lipinski definition) is 3. The predicted molar refractivity (Wildman–Crippen MR) is 71.1 cm³/mol. The predicted octanol–water partition coefficient (Wildman–Crippen LogP) is 0.208. The molecule has 7 heteroatoms. The third-order valence-electron chi connectivity index (χ3n) is 3.96. The third kappa shape index (κ3) is 3.85. The average Bonchev–Trinajstić information content (AvgIpc) is 2.64. The molecule has 20 heavy (non-hydrogen) atoms. The Bertz CT molecular complexity index is 399. The lowest BCUT2D eigenvalue weighted by Crippen LogP contribution is -2.50. The molecule has 1 aliphatic heterocycles. The second-order valence-electron chi connectivity index (χ2n) is 5.51. The molecular formula is C13H21N3O4. The van der Waals surface area contributed by atoms with E-state index in [1.165, 1.54) is 0 Å². The number of aliphatic carboxylic acids is 1. The zero-order valence-corrected chi connectivity index (χ0v) is 11.4. The molecule has 0 aromatic rings. The lowest BCUT2D eigenvalue weighted by molar-refractivity contribution is -0.142. The van der Waals surface area contributed by atoms with Crippen LogP contribution in [0.3, 0.4) is 0 Å². The van der Waals surface area contributed by atoms with Crippen LogP contribution < -0.4 is 16.0 Å². The van der Waals surface area contributed by atoms with E-state index < -0.39 is 11.9 Å². The van der Waals surface area contributed by atoms with Crippen LogP contribution in [0.4, 0.5) is 4.79 Å². The number of urea groups is 1. The second kappa shape index (κ2) is 6.58. The summed E-state index contributed by atoms with van der Waals surface area (Å²) in [4.78, 5) is 34.2. The first-order valence-electron chi connectivity index (χ1n) is 7.13. The van der Waals surface area contributed by atoms with Gasteiger partial charge in [-0.25, -0.2) is 4.79 Å². The van der Waals surface area contributed by atoms with Gasteiger partial charge in [0, 0.05) is 19.0 Å². The van der Waals surface area contributed by atoms with Gasteiger partial charge in [-0.05, 0) is 12.8 Å². The highest BCUT2D eigenvalue weighted by molar-refractivity contribution is 5.81. The molecule has 2 fully saturated rings. The van der Waals surface area contributed by atoms with Crippen LogP contribution in [0.25, 0.3) is 0 Å². The molecule has 1 aliphatic carbocycles. The van der Waals surface area contributed by atoms with Crippen molar-refractivity contribution in [3.63, 3.8) is 0 Å². The van der Waals surface area contributed by atoms with E-state index in [2.05, 4.69) is 16.0 Å². The van der Waals surface area contributed by atoms with Gasteiger partial charge >= 0.3 is 12.0 Å². The Morgan fingerprint density at radius 1 is 1.15 bits per heavy atom. The molecular weight excluding hydrogens is 262 g/mol. The highest BCUT2D eigenvalue weighted by Crippen LogP contribution is 2.23. The van der Waals surface area contributed by atoms with Crippen LogP contribution in [0, 0.1) is 5.92 Å². The van der Waals surface area contributed by atoms with Crippen molar-refractivity contribution in [1.82, 2.24) is 16.0 Å². The summed E-state index contributed by atoms with van der Waals surface area (Å²) in [5.41, 5.74) is 0. The summed E-state index contributed by atoms with van der Waals surface area (Å²) in [6, 6.07) is -0.929. The molecule has 3 unspecified atom stereocenters. The van der Waals surface area contributed by atoms with E-state index in [9.17, 15) is 19.5 Å². The number of amides is 3. The van der Waals surface area contributed by atoms with Crippen LogP contribution in [0.15, 0.2) is 0 Å². The Kier molecular flexibility index (Phi) is 4.81. The van der Waals surface area contributed by atoms with Crippen molar-refractivity contribution in [2.75, 3.05) is 6.54 Å². The van der Waals surface area contributed by atoms with Gasteiger partial charge in [-0.1, -0.05) is 19.3 Å². The maximum atomic E-state index is 11.9. The zero-order valence-electron chi connectivity index (χ0n) is 11.4. The van der Waals surface area contributed by atoms with Crippen molar-refractivity contribution >= 4 is 17.9 Å². The lowest BCUT2D eigenvalue weighted by atomic mass is 9.95. The number of carbonyl (C=O) groups excluding carboxylic acids is 2. The van der Waals surface area contributed by atoms with Gasteiger partial charge in [0.1, 0.15) is 0 Å². The molecule has 112 valence electrons. The number of carboxylic acids is 1. The van der Waals surface area contributed by atoms with Crippen molar-refractivity contribution in [2.45, 2.75) is 50.6 Å². The van der Waals surface area contributed by atoms with Gasteiger partial charge in [-0.3, -0.25) is 9.59 Å². The lowest BCUT2D eigenvalue weighted by Gasteiger charge is -2.23. The summed E-state index contributed by atoms with van der Waals surface area (Å²) in [5.74, 6) is -1.45. The smallest absolute Gasteiger partial charge is 0.315 e. The molecule has 0 bridgehead atoms. The molecule has 7 nitrogen and oxygen atoms in total. The van der Waals surface area contributed by atoms with E-state index in [1.54, 1.807) is 0 Å². The number of carboxylic acid groups (broad SMARTS) is 1. The minimum absolute atomic E-state index is 0.0758. The molecule has 2 aliphatic rings. The first-order valence-corrected chi connectivity index (χ1v) is 7.13. The van der Waals surface area contributed by atoms with Crippen molar-refractivity contribution in [1.29, 1.82) is 0 Å². The topological polar surface area (TPSA) is 108 Å². The summed E-state index contributed by atoms with van der Waals surface area (Å²) in [6.45, 7) is 0.430. The number of rotatable bonds is 3. The molecule has 0 radical (unpaired) electrons. The van der Waals surface area contributed by atoms with Crippen molar-refractivity contribution in [3.05, 3.63) is 0 Å². The molecule has 3 atom stereocenters. The fourth-order valence-corrected chi connectivity index (χ4v) is 2.88. The second-order valence-corrected chi connectivity index (χ2v) is 5.51. The third-order valence-corrected chi connectivity index (χ3v) is 3.96. The van der Waals surface area contributed by atoms with Gasteiger partial charge in [0.2, 0.25) is 5.91 Å². The maximum Gasteiger partial charge on any atom is 0.315 e. The monoisotopic (exact) mass is 283 g/mol. The number of hydrogen-bond donors (Lipinski definition) is 4. The normalized spacial score (nSPS) is 30.2. The largest absolute Gasteiger partial charge is 0.481 e. The van der Waals surface area contributed by atoms with Gasteiger partial charge in [0.25, 0.3) is 0 Å². The standard InChI is InChI=1S/C13H21N3O4/c17-11-6-8(7-14-11)15-13(20)16-10-5-3-1-2-4-9(10)12(18)19/h8-10H,1-7H2,(H,14,17)(H,18,19)(H2,15,16,20). The Morgan fingerprint density at radius 2 is 1.90 bits per heavy atom. The van der Waals surface area contributed by atoms with E-state index in [0.717, 1.165) is 19.3 Å². The van der Waals surface area contributed by atoms with Crippen LogP contribution in [0.2, 0.25) is 0 Å². The Hall–Kier alpha value is -1.79. The van der Waals surface area contributed by atoms with Crippen molar-refractivity contribution < 1.29 is 19.5 Å². The summed E-state index contributed by atoms with van der Waals surface area (Å²) in [7, 11) is 0. The Labute approximate surface area is 117 Å². The molecule has 2 rings (SSSR count). The Morgan fingerprint density at radius 3 is 2.55 bits per heavy atom. The first-order chi connectivity index (χ1) is 9.56. The minimum atomic E-state index is -0.852. The molecule has 0 aromatic heterocycles. The molecule has 3 amide bonds. The molecule has 1 saturated carbocycles. The molecule has 0 spiro atoms. The van der Waals surface area contributed by atoms with Gasteiger partial charge < -0.3 is 21.1 Å². The van der Waals surface area contributed by atoms with E-state index >= 15 is 0 Å². The van der Waals surface area contributed by atoms with Crippen LogP contribution in [0.5, 0.6) is 0 Å². The quantitative estimate of drug-likeness (QED) is 0.555. The zero-order chi connectivity index (χ0) is 14.5. The average molecular weight is 283 g/mol. The molecule has 1 heterocycles. The van der Waals surface area contributed by atoms with Gasteiger partial charge in [0.05, 0.1) is 12.0 Å². The molecule has 0 aromatic carbocycles. The molecule has 4 N–H and O–H groups in total. The fraction of sp³-hybridized carbons (Fsp3) is 0.769. The van der Waals surface area contributed by atoms with Crippen LogP contribution in [-0.4, -0.2) is 41.6 Å². The number of carbonyl (C=O) groups is 3. The van der Waals surface area contributed by atoms with Gasteiger partial charge in [-0.15, -0.1) is 0 Å². The first kappa shape index (κ1) is 14.6. The summed E-state index contributed by atoms with van der Waals surface area (Å²) >= 11 is 0. The fourth-order valence-electron chi connectivity index (χ4n) is 2.88. The van der Waals surface area contributed by atoms with Gasteiger partial charge in [0.15, 0.2) is 0 Å². The van der Waals surface area contributed by atoms with Crippen molar-refractivity contribution in [3.8, 4) is 0 Å². The summed E-state index contributed by atoms with van der Waals surface area (Å²) in [5, 5.41) is 17.4. The van der Waals surface area contributed by atoms with E-state index in [4.69, 9.17) is 0 Å². The van der Waals surface area contributed by atoms with Crippen LogP contribution in [0.1, 0.15) is 38.5 Å². The van der Waals surface area contributed by atoms with E-state index in [0.29, 0.717) is 19.4 Å². The highest BCUT2D eigenvalue weighted by Gasteiger charge is 2.31. The Balaban J connectivity index is 1.87. The van der Waals surface area contributed by atoms with Crippen molar-refractivity contribution in [2.24, 2.45) is 5.92 Å². The molecule has 1 saturated heterocycles. The van der Waals surface area contributed by atoms with Crippen LogP contribution in [-0.2, 0) is 9.59 Å². The minimum Gasteiger partial charge on any atom is -0.481 e. The number of nitrogens with one attached hydrogen (secondary N) is 3. The highest BCUT2D eigenvalue weighted by atomic mass is 16.4. The van der Waals surface area contributed by atoms with E-state index in [1.807, 2.05) is 0 Å². The summed E-state index contributed by atoms with van der Waals surface area (Å²) < 4.78 is 0. The SMILES string of the molecule is O=C1CC(NC(=O)NC2CCCCCC2C(=O)O)CN1. The maximum absolute atomic E-state index is 11.9. The van der Waals surface area contributed by atoms with Gasteiger partial charge in [-0.2, -0.15) is 0 Å².